The highest BCUT2D eigenvalue weighted by Crippen LogP contribution is 2.18. The fraction of sp³-hybridized carbons (Fsp3) is 0.611. The number of likely N-dealkylation sites (tertiary alicyclic amines) is 1. The SMILES string of the molecule is CNCC1CCCN1C(=O)CCCCc1ccc(C)cc1. The smallest absolute Gasteiger partial charge is 0.222 e. The summed E-state index contributed by atoms with van der Waals surface area (Å²) in [4.78, 5) is 14.4. The molecule has 1 aliphatic rings. The first-order valence-corrected chi connectivity index (χ1v) is 8.20. The predicted molar refractivity (Wildman–Crippen MR) is 87.4 cm³/mol. The lowest BCUT2D eigenvalue weighted by molar-refractivity contribution is -0.132. The van der Waals surface area contributed by atoms with Crippen LogP contribution < -0.4 is 5.32 Å². The Morgan fingerprint density at radius 1 is 1.29 bits per heavy atom. The lowest BCUT2D eigenvalue weighted by Crippen LogP contribution is -2.40. The largest absolute Gasteiger partial charge is 0.338 e. The number of hydrogen-bond acceptors (Lipinski definition) is 2. The van der Waals surface area contributed by atoms with E-state index >= 15 is 0 Å². The molecule has 1 fully saturated rings. The molecule has 0 aromatic heterocycles. The Morgan fingerprint density at radius 2 is 2.05 bits per heavy atom. The number of nitrogens with one attached hydrogen (secondary N) is 1. The van der Waals surface area contributed by atoms with Gasteiger partial charge in [0, 0.05) is 25.6 Å². The molecular formula is C18H28N2O. The molecule has 116 valence electrons. The number of likely N-dealkylation sites (N-methyl/N-ethyl adjacent to an activating group) is 1. The zero-order chi connectivity index (χ0) is 15.1. The van der Waals surface area contributed by atoms with Crippen molar-refractivity contribution in [2.24, 2.45) is 0 Å². The van der Waals surface area contributed by atoms with Crippen LogP contribution in [-0.2, 0) is 11.2 Å². The number of carbonyl (C=O) groups is 1. The molecule has 1 unspecified atom stereocenters. The van der Waals surface area contributed by atoms with E-state index in [1.165, 1.54) is 11.1 Å². The summed E-state index contributed by atoms with van der Waals surface area (Å²) in [6, 6.07) is 9.13. The maximum absolute atomic E-state index is 12.3. The number of amides is 1. The highest BCUT2D eigenvalue weighted by atomic mass is 16.2. The molecule has 0 bridgehead atoms. The van der Waals surface area contributed by atoms with E-state index in [4.69, 9.17) is 0 Å². The Bertz CT molecular complexity index is 441. The van der Waals surface area contributed by atoms with Crippen molar-refractivity contribution in [2.45, 2.75) is 51.5 Å². The summed E-state index contributed by atoms with van der Waals surface area (Å²) in [7, 11) is 1.96. The summed E-state index contributed by atoms with van der Waals surface area (Å²) in [6.07, 6.45) is 6.17. The monoisotopic (exact) mass is 288 g/mol. The number of aryl methyl sites for hydroxylation is 2. The molecule has 3 heteroatoms. The quantitative estimate of drug-likeness (QED) is 0.782. The Kier molecular flexibility index (Phi) is 6.24. The second-order valence-electron chi connectivity index (χ2n) is 6.13. The van der Waals surface area contributed by atoms with Crippen LogP contribution in [0.5, 0.6) is 0 Å². The van der Waals surface area contributed by atoms with Gasteiger partial charge in [-0.3, -0.25) is 4.79 Å². The third-order valence-corrected chi connectivity index (χ3v) is 4.36. The molecule has 1 atom stereocenters. The fourth-order valence-electron chi connectivity index (χ4n) is 3.12. The van der Waals surface area contributed by atoms with Gasteiger partial charge in [-0.1, -0.05) is 29.8 Å². The van der Waals surface area contributed by atoms with Gasteiger partial charge < -0.3 is 10.2 Å². The number of benzene rings is 1. The van der Waals surface area contributed by atoms with Crippen LogP contribution in [0.2, 0.25) is 0 Å². The van der Waals surface area contributed by atoms with Crippen molar-refractivity contribution in [3.05, 3.63) is 35.4 Å². The summed E-state index contributed by atoms with van der Waals surface area (Å²) in [6.45, 7) is 3.98. The van der Waals surface area contributed by atoms with Gasteiger partial charge in [0.2, 0.25) is 5.91 Å². The zero-order valence-electron chi connectivity index (χ0n) is 13.4. The van der Waals surface area contributed by atoms with Crippen molar-refractivity contribution >= 4 is 5.91 Å². The van der Waals surface area contributed by atoms with E-state index in [1.54, 1.807) is 0 Å². The van der Waals surface area contributed by atoms with E-state index < -0.39 is 0 Å². The minimum Gasteiger partial charge on any atom is -0.338 e. The van der Waals surface area contributed by atoms with E-state index in [9.17, 15) is 4.79 Å². The Balaban J connectivity index is 1.68. The first-order valence-electron chi connectivity index (χ1n) is 8.20. The van der Waals surface area contributed by atoms with Crippen LogP contribution in [0.15, 0.2) is 24.3 Å². The summed E-state index contributed by atoms with van der Waals surface area (Å²) < 4.78 is 0. The van der Waals surface area contributed by atoms with Gasteiger partial charge in [0.1, 0.15) is 0 Å². The van der Waals surface area contributed by atoms with Gasteiger partial charge in [0.25, 0.3) is 0 Å². The van der Waals surface area contributed by atoms with Crippen molar-refractivity contribution in [3.8, 4) is 0 Å². The van der Waals surface area contributed by atoms with Crippen molar-refractivity contribution in [3.63, 3.8) is 0 Å². The lowest BCUT2D eigenvalue weighted by atomic mass is 10.1. The van der Waals surface area contributed by atoms with Gasteiger partial charge in [-0.25, -0.2) is 0 Å². The van der Waals surface area contributed by atoms with Crippen molar-refractivity contribution in [2.75, 3.05) is 20.1 Å². The normalized spacial score (nSPS) is 18.2. The predicted octanol–water partition coefficient (Wildman–Crippen LogP) is 2.92. The van der Waals surface area contributed by atoms with Crippen LogP contribution in [0.1, 0.15) is 43.2 Å². The van der Waals surface area contributed by atoms with E-state index in [2.05, 4.69) is 41.4 Å². The summed E-state index contributed by atoms with van der Waals surface area (Å²) >= 11 is 0. The van der Waals surface area contributed by atoms with Gasteiger partial charge in [-0.05, 0) is 51.6 Å². The van der Waals surface area contributed by atoms with E-state index in [0.29, 0.717) is 18.4 Å². The highest BCUT2D eigenvalue weighted by molar-refractivity contribution is 5.76. The zero-order valence-corrected chi connectivity index (χ0v) is 13.4. The molecule has 1 N–H and O–H groups in total. The average molecular weight is 288 g/mol. The average Bonchev–Trinajstić information content (AvgIpc) is 2.94. The van der Waals surface area contributed by atoms with Crippen LogP contribution in [0, 0.1) is 6.92 Å². The van der Waals surface area contributed by atoms with Crippen molar-refractivity contribution in [1.29, 1.82) is 0 Å². The third kappa shape index (κ3) is 4.85. The Morgan fingerprint density at radius 3 is 2.76 bits per heavy atom. The number of unbranched alkanes of at least 4 members (excludes halogenated alkanes) is 1. The van der Waals surface area contributed by atoms with Crippen LogP contribution in [0.3, 0.4) is 0 Å². The van der Waals surface area contributed by atoms with Gasteiger partial charge in [-0.2, -0.15) is 0 Å². The van der Waals surface area contributed by atoms with Crippen LogP contribution in [0.4, 0.5) is 0 Å². The molecule has 0 saturated carbocycles. The molecule has 2 rings (SSSR count). The minimum atomic E-state index is 0.344. The number of carbonyl (C=O) groups excluding carboxylic acids is 1. The molecule has 1 aliphatic heterocycles. The van der Waals surface area contributed by atoms with Gasteiger partial charge in [0.15, 0.2) is 0 Å². The van der Waals surface area contributed by atoms with Crippen molar-refractivity contribution in [1.82, 2.24) is 10.2 Å². The molecular weight excluding hydrogens is 260 g/mol. The lowest BCUT2D eigenvalue weighted by Gasteiger charge is -2.24. The molecule has 21 heavy (non-hydrogen) atoms. The van der Waals surface area contributed by atoms with Crippen molar-refractivity contribution < 1.29 is 4.79 Å². The number of rotatable bonds is 7. The molecule has 3 nitrogen and oxygen atoms in total. The summed E-state index contributed by atoms with van der Waals surface area (Å²) in [5.74, 6) is 0.344. The second-order valence-corrected chi connectivity index (χ2v) is 6.13. The number of hydrogen-bond donors (Lipinski definition) is 1. The topological polar surface area (TPSA) is 32.3 Å². The third-order valence-electron chi connectivity index (χ3n) is 4.36. The van der Waals surface area contributed by atoms with E-state index in [1.807, 2.05) is 7.05 Å². The second kappa shape index (κ2) is 8.18. The Hall–Kier alpha value is -1.35. The maximum atomic E-state index is 12.3. The molecule has 0 aliphatic carbocycles. The number of nitrogens with zero attached hydrogens (tertiary/aromatic N) is 1. The fourth-order valence-corrected chi connectivity index (χ4v) is 3.12. The Labute approximate surface area is 128 Å². The van der Waals surface area contributed by atoms with Gasteiger partial charge in [0.05, 0.1) is 0 Å². The standard InChI is InChI=1S/C18H28N2O/c1-15-9-11-16(12-10-15)6-3-4-8-18(21)20-13-5-7-17(20)14-19-2/h9-12,17,19H,3-8,13-14H2,1-2H3. The molecule has 1 heterocycles. The molecule has 0 spiro atoms. The molecule has 1 amide bonds. The summed E-state index contributed by atoms with van der Waals surface area (Å²) in [5, 5.41) is 3.19. The highest BCUT2D eigenvalue weighted by Gasteiger charge is 2.27. The van der Waals surface area contributed by atoms with Crippen LogP contribution in [-0.4, -0.2) is 37.0 Å². The van der Waals surface area contributed by atoms with E-state index in [-0.39, 0.29) is 0 Å². The molecule has 1 aromatic carbocycles. The maximum Gasteiger partial charge on any atom is 0.222 e. The first kappa shape index (κ1) is 16.0. The minimum absolute atomic E-state index is 0.344. The molecule has 0 radical (unpaired) electrons. The van der Waals surface area contributed by atoms with Crippen LogP contribution >= 0.6 is 0 Å². The van der Waals surface area contributed by atoms with Gasteiger partial charge in [-0.15, -0.1) is 0 Å². The van der Waals surface area contributed by atoms with E-state index in [0.717, 1.165) is 45.2 Å². The molecule has 1 saturated heterocycles. The summed E-state index contributed by atoms with van der Waals surface area (Å²) in [5.41, 5.74) is 2.68. The van der Waals surface area contributed by atoms with Gasteiger partial charge >= 0.3 is 0 Å². The molecule has 1 aromatic rings. The van der Waals surface area contributed by atoms with Crippen LogP contribution in [0.25, 0.3) is 0 Å². The first-order chi connectivity index (χ1) is 10.2.